The van der Waals surface area contributed by atoms with Gasteiger partial charge in [0.25, 0.3) is 0 Å². The summed E-state index contributed by atoms with van der Waals surface area (Å²) >= 11 is 0. The van der Waals surface area contributed by atoms with Crippen LogP contribution < -0.4 is 20.7 Å². The van der Waals surface area contributed by atoms with Crippen LogP contribution in [0.15, 0.2) is 24.3 Å². The average molecular weight is 338 g/mol. The van der Waals surface area contributed by atoms with Crippen LogP contribution in [0.5, 0.6) is 0 Å². The number of aryl methyl sites for hydroxylation is 2. The molecule has 8 heteroatoms. The molecular formula is C17H20B2N2O4. The topological polar surface area (TPSA) is 87.4 Å². The molecule has 0 spiro atoms. The van der Waals surface area contributed by atoms with Crippen LogP contribution in [-0.2, 0) is 13.1 Å². The molecule has 0 atom stereocenters. The molecule has 0 saturated carbocycles. The van der Waals surface area contributed by atoms with E-state index < -0.39 is 14.2 Å². The van der Waals surface area contributed by atoms with Gasteiger partial charge in [0.05, 0.1) is 6.67 Å². The van der Waals surface area contributed by atoms with Crippen molar-refractivity contribution in [1.29, 1.82) is 0 Å². The maximum absolute atomic E-state index is 9.52. The molecule has 6 nitrogen and oxygen atoms in total. The third kappa shape index (κ3) is 2.62. The molecule has 2 heterocycles. The zero-order valence-electron chi connectivity index (χ0n) is 14.3. The minimum Gasteiger partial charge on any atom is -0.423 e. The monoisotopic (exact) mass is 338 g/mol. The number of fused-ring (bicyclic) bond motifs is 6. The molecule has 4 N–H and O–H groups in total. The van der Waals surface area contributed by atoms with Crippen molar-refractivity contribution < 1.29 is 20.1 Å². The Morgan fingerprint density at radius 3 is 1.48 bits per heavy atom. The minimum absolute atomic E-state index is 0.509. The lowest BCUT2D eigenvalue weighted by Gasteiger charge is -2.46. The fraction of sp³-hybridized carbons (Fsp3) is 0.294. The Labute approximate surface area is 147 Å². The maximum atomic E-state index is 9.52. The number of anilines is 2. The molecule has 2 aromatic carbocycles. The molecule has 0 amide bonds. The summed E-state index contributed by atoms with van der Waals surface area (Å²) in [6.07, 6.45) is 0. The molecule has 0 saturated heterocycles. The zero-order valence-corrected chi connectivity index (χ0v) is 14.3. The van der Waals surface area contributed by atoms with Crippen LogP contribution >= 0.6 is 0 Å². The van der Waals surface area contributed by atoms with Crippen molar-refractivity contribution in [3.05, 3.63) is 46.5 Å². The quantitative estimate of drug-likeness (QED) is 0.524. The zero-order chi connectivity index (χ0) is 17.9. The predicted octanol–water partition coefficient (Wildman–Crippen LogP) is -1.04. The summed E-state index contributed by atoms with van der Waals surface area (Å²) in [6, 6.07) is 7.35. The molecule has 0 radical (unpaired) electrons. The second-order valence-electron chi connectivity index (χ2n) is 6.98. The van der Waals surface area contributed by atoms with E-state index in [0.717, 1.165) is 40.3 Å². The molecule has 0 fully saturated rings. The Kier molecular flexibility index (Phi) is 3.81. The second kappa shape index (κ2) is 5.78. The first-order chi connectivity index (χ1) is 11.8. The van der Waals surface area contributed by atoms with Crippen molar-refractivity contribution in [2.24, 2.45) is 0 Å². The maximum Gasteiger partial charge on any atom is 0.488 e. The van der Waals surface area contributed by atoms with Crippen molar-refractivity contribution in [2.75, 3.05) is 16.5 Å². The highest BCUT2D eigenvalue weighted by molar-refractivity contribution is 6.59. The SMILES string of the molecule is Cc1cc(B(O)O)cc2c1N1Cc3cc(B(O)O)cc(C)c3N(C2)C1. The molecule has 4 rings (SSSR count). The van der Waals surface area contributed by atoms with Crippen LogP contribution in [0, 0.1) is 13.8 Å². The smallest absolute Gasteiger partial charge is 0.423 e. The standard InChI is InChI=1S/C17H20B2N2O4/c1-10-3-14(18(22)23)5-12-7-21-9-20(16(10)12)8-13-6-15(19(24)25)4-11(2)17(13)21/h3-6,22-25H,7-9H2,1-2H3. The van der Waals surface area contributed by atoms with Gasteiger partial charge in [0, 0.05) is 24.5 Å². The van der Waals surface area contributed by atoms with Gasteiger partial charge in [-0.05, 0) is 47.0 Å². The van der Waals surface area contributed by atoms with Gasteiger partial charge in [0.1, 0.15) is 0 Å². The highest BCUT2D eigenvalue weighted by Crippen LogP contribution is 2.40. The number of hydrogen-bond donors (Lipinski definition) is 4. The van der Waals surface area contributed by atoms with Crippen LogP contribution in [-0.4, -0.2) is 41.0 Å². The van der Waals surface area contributed by atoms with E-state index in [-0.39, 0.29) is 0 Å². The predicted molar refractivity (Wildman–Crippen MR) is 99.2 cm³/mol. The van der Waals surface area contributed by atoms with Gasteiger partial charge in [0.2, 0.25) is 0 Å². The number of nitrogens with zero attached hydrogens (tertiary/aromatic N) is 2. The molecule has 2 aliphatic heterocycles. The fourth-order valence-electron chi connectivity index (χ4n) is 4.23. The van der Waals surface area contributed by atoms with Crippen molar-refractivity contribution in [2.45, 2.75) is 26.9 Å². The van der Waals surface area contributed by atoms with Gasteiger partial charge >= 0.3 is 14.2 Å². The van der Waals surface area contributed by atoms with Crippen LogP contribution in [0.1, 0.15) is 22.3 Å². The van der Waals surface area contributed by atoms with E-state index >= 15 is 0 Å². The molecule has 2 aliphatic rings. The summed E-state index contributed by atoms with van der Waals surface area (Å²) in [5.41, 5.74) is 7.44. The van der Waals surface area contributed by atoms with Gasteiger partial charge < -0.3 is 29.9 Å². The van der Waals surface area contributed by atoms with Gasteiger partial charge in [-0.15, -0.1) is 0 Å². The van der Waals surface area contributed by atoms with Gasteiger partial charge in [-0.25, -0.2) is 0 Å². The first-order valence-corrected chi connectivity index (χ1v) is 8.34. The summed E-state index contributed by atoms with van der Waals surface area (Å²) < 4.78 is 0. The normalized spacial score (nSPS) is 15.0. The highest BCUT2D eigenvalue weighted by atomic mass is 16.4. The van der Waals surface area contributed by atoms with E-state index in [0.29, 0.717) is 24.0 Å². The Hall–Kier alpha value is -1.99. The van der Waals surface area contributed by atoms with Crippen LogP contribution in [0.4, 0.5) is 11.4 Å². The van der Waals surface area contributed by atoms with E-state index in [2.05, 4.69) is 9.80 Å². The highest BCUT2D eigenvalue weighted by Gasteiger charge is 2.33. The molecular weight excluding hydrogens is 318 g/mol. The Morgan fingerprint density at radius 2 is 1.12 bits per heavy atom. The molecule has 0 unspecified atom stereocenters. The summed E-state index contributed by atoms with van der Waals surface area (Å²) in [4.78, 5) is 4.49. The first kappa shape index (κ1) is 16.5. The molecule has 0 aliphatic carbocycles. The molecule has 2 bridgehead atoms. The fourth-order valence-corrected chi connectivity index (χ4v) is 4.23. The van der Waals surface area contributed by atoms with Crippen molar-refractivity contribution in [1.82, 2.24) is 0 Å². The lowest BCUT2D eigenvalue weighted by Crippen LogP contribution is -2.48. The summed E-state index contributed by atoms with van der Waals surface area (Å²) in [6.45, 7) is 6.10. The molecule has 0 aromatic heterocycles. The van der Waals surface area contributed by atoms with Crippen molar-refractivity contribution >= 4 is 36.5 Å². The summed E-state index contributed by atoms with van der Waals surface area (Å²) in [5.74, 6) is 0. The van der Waals surface area contributed by atoms with Crippen LogP contribution in [0.3, 0.4) is 0 Å². The molecule has 2 aromatic rings. The number of rotatable bonds is 2. The van der Waals surface area contributed by atoms with Gasteiger partial charge in [-0.3, -0.25) is 0 Å². The molecule has 25 heavy (non-hydrogen) atoms. The van der Waals surface area contributed by atoms with E-state index in [1.54, 1.807) is 0 Å². The number of benzene rings is 2. The van der Waals surface area contributed by atoms with Gasteiger partial charge in [-0.1, -0.05) is 24.3 Å². The third-order valence-electron chi connectivity index (χ3n) is 5.10. The Bertz CT molecular complexity index is 788. The van der Waals surface area contributed by atoms with Crippen molar-refractivity contribution in [3.8, 4) is 0 Å². The average Bonchev–Trinajstić information content (AvgIpc) is 2.53. The van der Waals surface area contributed by atoms with Gasteiger partial charge in [0.15, 0.2) is 0 Å². The molecule has 128 valence electrons. The first-order valence-electron chi connectivity index (χ1n) is 8.34. The minimum atomic E-state index is -1.47. The second-order valence-corrected chi connectivity index (χ2v) is 6.98. The van der Waals surface area contributed by atoms with Gasteiger partial charge in [-0.2, -0.15) is 0 Å². The summed E-state index contributed by atoms with van der Waals surface area (Å²) in [5, 5.41) is 38.1. The lowest BCUT2D eigenvalue weighted by atomic mass is 9.76. The third-order valence-corrected chi connectivity index (χ3v) is 5.10. The Balaban J connectivity index is 1.82. The summed E-state index contributed by atoms with van der Waals surface area (Å²) in [7, 11) is -2.95. The van der Waals surface area contributed by atoms with E-state index in [9.17, 15) is 20.1 Å². The number of hydrogen-bond acceptors (Lipinski definition) is 6. The van der Waals surface area contributed by atoms with Crippen LogP contribution in [0.2, 0.25) is 0 Å². The van der Waals surface area contributed by atoms with E-state index in [4.69, 9.17) is 0 Å². The van der Waals surface area contributed by atoms with E-state index in [1.807, 2.05) is 38.1 Å². The Morgan fingerprint density at radius 1 is 0.720 bits per heavy atom. The lowest BCUT2D eigenvalue weighted by molar-refractivity contribution is 0.424. The van der Waals surface area contributed by atoms with E-state index in [1.165, 1.54) is 0 Å². The van der Waals surface area contributed by atoms with Crippen molar-refractivity contribution in [3.63, 3.8) is 0 Å². The van der Waals surface area contributed by atoms with Crippen LogP contribution in [0.25, 0.3) is 0 Å². The largest absolute Gasteiger partial charge is 0.488 e.